The number of carbonyl (C=O) groups excluding carboxylic acids is 1. The first-order valence-corrected chi connectivity index (χ1v) is 11.0. The molecule has 2 N–H and O–H groups in total. The number of methoxy groups -OCH3 is 3. The van der Waals surface area contributed by atoms with Gasteiger partial charge in [-0.15, -0.1) is 0 Å². The van der Waals surface area contributed by atoms with Gasteiger partial charge in [-0.3, -0.25) is 4.79 Å². The maximum Gasteiger partial charge on any atom is 0.150 e. The second-order valence-corrected chi connectivity index (χ2v) is 7.94. The van der Waals surface area contributed by atoms with E-state index >= 15 is 0 Å². The van der Waals surface area contributed by atoms with Gasteiger partial charge in [0.25, 0.3) is 0 Å². The molecular weight excluding hydrogens is 477 g/mol. The highest BCUT2D eigenvalue weighted by Crippen LogP contribution is 2.44. The average molecular weight is 502 g/mol. The molecule has 34 heavy (non-hydrogen) atoms. The zero-order valence-electron chi connectivity index (χ0n) is 19.5. The van der Waals surface area contributed by atoms with Crippen LogP contribution in [0.4, 0.5) is 17.2 Å². The molecule has 178 valence electrons. The molecular formula is C25H25Cl2N3O4. The van der Waals surface area contributed by atoms with E-state index in [0.29, 0.717) is 39.8 Å². The molecule has 2 aromatic carbocycles. The predicted octanol–water partition coefficient (Wildman–Crippen LogP) is 6.46. The zero-order chi connectivity index (χ0) is 24.8. The Balaban J connectivity index is 2.07. The number of halogens is 2. The van der Waals surface area contributed by atoms with E-state index in [4.69, 9.17) is 37.4 Å². The Labute approximate surface area is 208 Å². The Bertz CT molecular complexity index is 1220. The number of benzene rings is 2. The molecule has 0 aliphatic carbocycles. The van der Waals surface area contributed by atoms with Crippen molar-refractivity contribution in [1.29, 1.82) is 0 Å². The van der Waals surface area contributed by atoms with Crippen molar-refractivity contribution in [2.24, 2.45) is 0 Å². The summed E-state index contributed by atoms with van der Waals surface area (Å²) in [7, 11) is 6.30. The van der Waals surface area contributed by atoms with Crippen molar-refractivity contribution in [1.82, 2.24) is 4.98 Å². The number of anilines is 3. The molecule has 7 nitrogen and oxygen atoms in total. The molecule has 1 heterocycles. The molecule has 0 aliphatic heterocycles. The molecule has 0 fully saturated rings. The number of para-hydroxylation sites is 1. The third-order valence-electron chi connectivity index (χ3n) is 5.22. The second-order valence-electron chi connectivity index (χ2n) is 7.19. The normalized spacial score (nSPS) is 11.1. The lowest BCUT2D eigenvalue weighted by atomic mass is 10.1. The number of rotatable bonds is 9. The van der Waals surface area contributed by atoms with Crippen molar-refractivity contribution < 1.29 is 19.0 Å². The molecule has 0 saturated heterocycles. The quantitative estimate of drug-likeness (QED) is 0.257. The summed E-state index contributed by atoms with van der Waals surface area (Å²) in [6.45, 7) is 1.99. The number of aryl methyl sites for hydroxylation is 1. The summed E-state index contributed by atoms with van der Waals surface area (Å²) < 4.78 is 16.3. The van der Waals surface area contributed by atoms with E-state index in [0.717, 1.165) is 23.2 Å². The van der Waals surface area contributed by atoms with Gasteiger partial charge in [0.05, 0.1) is 48.3 Å². The zero-order valence-corrected chi connectivity index (χ0v) is 21.0. The van der Waals surface area contributed by atoms with Crippen molar-refractivity contribution in [2.45, 2.75) is 6.92 Å². The van der Waals surface area contributed by atoms with Crippen LogP contribution in [0.2, 0.25) is 10.0 Å². The van der Waals surface area contributed by atoms with E-state index in [9.17, 15) is 4.79 Å². The van der Waals surface area contributed by atoms with Crippen LogP contribution in [0.15, 0.2) is 36.5 Å². The third kappa shape index (κ3) is 5.05. The predicted molar refractivity (Wildman–Crippen MR) is 138 cm³/mol. The van der Waals surface area contributed by atoms with Gasteiger partial charge in [-0.25, -0.2) is 4.98 Å². The van der Waals surface area contributed by atoms with E-state index in [1.807, 2.05) is 32.2 Å². The number of nitrogens with one attached hydrogen (secondary N) is 2. The van der Waals surface area contributed by atoms with Crippen LogP contribution < -0.4 is 20.1 Å². The summed E-state index contributed by atoms with van der Waals surface area (Å²) in [6, 6.07) is 9.15. The summed E-state index contributed by atoms with van der Waals surface area (Å²) in [6.07, 6.45) is 3.96. The summed E-state index contributed by atoms with van der Waals surface area (Å²) >= 11 is 13.1. The van der Waals surface area contributed by atoms with Gasteiger partial charge in [-0.05, 0) is 30.7 Å². The second kappa shape index (κ2) is 11.1. The van der Waals surface area contributed by atoms with E-state index in [1.54, 1.807) is 24.4 Å². The summed E-state index contributed by atoms with van der Waals surface area (Å²) in [4.78, 5) is 16.4. The number of aldehydes is 1. The van der Waals surface area contributed by atoms with Gasteiger partial charge in [0.2, 0.25) is 0 Å². The summed E-state index contributed by atoms with van der Waals surface area (Å²) in [5, 5.41) is 6.93. The van der Waals surface area contributed by atoms with Gasteiger partial charge in [-0.2, -0.15) is 0 Å². The first-order chi connectivity index (χ1) is 16.4. The molecule has 0 saturated carbocycles. The summed E-state index contributed by atoms with van der Waals surface area (Å²) in [5.41, 5.74) is 4.11. The number of pyridine rings is 1. The number of hydrogen-bond donors (Lipinski definition) is 2. The van der Waals surface area contributed by atoms with Crippen molar-refractivity contribution in [3.63, 3.8) is 0 Å². The fourth-order valence-corrected chi connectivity index (χ4v) is 4.11. The largest absolute Gasteiger partial charge is 0.496 e. The van der Waals surface area contributed by atoms with Crippen LogP contribution in [0.1, 0.15) is 27.0 Å². The monoisotopic (exact) mass is 501 g/mol. The maximum absolute atomic E-state index is 11.9. The maximum atomic E-state index is 11.9. The molecule has 0 amide bonds. The number of nitrogens with zero attached hydrogens (tertiary/aromatic N) is 1. The van der Waals surface area contributed by atoms with Crippen molar-refractivity contribution in [2.75, 3.05) is 39.0 Å². The van der Waals surface area contributed by atoms with Gasteiger partial charge in [0.1, 0.15) is 23.1 Å². The van der Waals surface area contributed by atoms with Crippen LogP contribution >= 0.6 is 23.2 Å². The van der Waals surface area contributed by atoms with Crippen molar-refractivity contribution in [3.8, 4) is 11.5 Å². The van der Waals surface area contributed by atoms with Crippen LogP contribution in [0.3, 0.4) is 0 Å². The third-order valence-corrected chi connectivity index (χ3v) is 5.97. The van der Waals surface area contributed by atoms with Crippen LogP contribution in [0.25, 0.3) is 11.8 Å². The van der Waals surface area contributed by atoms with E-state index in [-0.39, 0.29) is 10.0 Å². The Morgan fingerprint density at radius 2 is 1.71 bits per heavy atom. The van der Waals surface area contributed by atoms with Crippen LogP contribution in [0.5, 0.6) is 11.5 Å². The Hall–Kier alpha value is -3.42. The molecule has 0 aliphatic rings. The highest BCUT2D eigenvalue weighted by Gasteiger charge is 2.21. The molecule has 0 atom stereocenters. The van der Waals surface area contributed by atoms with Crippen molar-refractivity contribution >= 4 is 58.5 Å². The minimum absolute atomic E-state index is 0.249. The SMILES string of the molecule is CNc1cccc(C)c1Nc1cc(C=O)c(/C=C(\OC)c2c(Cl)c(OC)cc(OC)c2Cl)cn1. The Morgan fingerprint density at radius 1 is 1.03 bits per heavy atom. The van der Waals surface area contributed by atoms with E-state index in [2.05, 4.69) is 15.6 Å². The van der Waals surface area contributed by atoms with Gasteiger partial charge < -0.3 is 24.8 Å². The van der Waals surface area contributed by atoms with E-state index < -0.39 is 0 Å². The standard InChI is InChI=1S/C25H25Cl2N3O4/c1-14-7-6-8-17(28-2)25(14)30-21-10-16(13-31)15(12-29-21)9-18(32-3)22-23(26)19(33-4)11-20(34-5)24(22)27/h6-13,28H,1-5H3,(H,29,30)/b18-9-. The van der Waals surface area contributed by atoms with E-state index in [1.165, 1.54) is 21.3 Å². The highest BCUT2D eigenvalue weighted by molar-refractivity contribution is 6.39. The fraction of sp³-hybridized carbons (Fsp3) is 0.200. The minimum atomic E-state index is 0.249. The number of carbonyl (C=O) groups is 1. The van der Waals surface area contributed by atoms with Crippen LogP contribution in [-0.2, 0) is 4.74 Å². The van der Waals surface area contributed by atoms with Gasteiger partial charge in [0.15, 0.2) is 6.29 Å². The van der Waals surface area contributed by atoms with Crippen molar-refractivity contribution in [3.05, 3.63) is 68.8 Å². The van der Waals surface area contributed by atoms with Crippen LogP contribution in [0, 0.1) is 6.92 Å². The summed E-state index contributed by atoms with van der Waals surface area (Å²) in [5.74, 6) is 1.57. The number of aromatic nitrogens is 1. The molecule has 1 aromatic heterocycles. The molecule has 0 radical (unpaired) electrons. The number of hydrogen-bond acceptors (Lipinski definition) is 7. The first kappa shape index (κ1) is 25.2. The first-order valence-electron chi connectivity index (χ1n) is 10.2. The highest BCUT2D eigenvalue weighted by atomic mass is 35.5. The minimum Gasteiger partial charge on any atom is -0.496 e. The average Bonchev–Trinajstić information content (AvgIpc) is 2.85. The molecule has 0 bridgehead atoms. The number of ether oxygens (including phenoxy) is 3. The Kier molecular flexibility index (Phi) is 8.26. The fourth-order valence-electron chi connectivity index (χ4n) is 3.42. The molecule has 3 rings (SSSR count). The lowest BCUT2D eigenvalue weighted by Gasteiger charge is -2.17. The Morgan fingerprint density at radius 3 is 2.26 bits per heavy atom. The molecule has 3 aromatic rings. The topological polar surface area (TPSA) is 81.7 Å². The molecule has 0 unspecified atom stereocenters. The molecule has 9 heteroatoms. The van der Waals surface area contributed by atoms with Gasteiger partial charge in [-0.1, -0.05) is 35.3 Å². The van der Waals surface area contributed by atoms with Crippen LogP contribution in [-0.4, -0.2) is 39.6 Å². The van der Waals surface area contributed by atoms with Gasteiger partial charge in [0, 0.05) is 30.4 Å². The van der Waals surface area contributed by atoms with Gasteiger partial charge >= 0.3 is 0 Å². The lowest BCUT2D eigenvalue weighted by Crippen LogP contribution is -2.02. The lowest BCUT2D eigenvalue weighted by molar-refractivity contribution is 0.112. The molecule has 0 spiro atoms. The smallest absolute Gasteiger partial charge is 0.150 e.